The van der Waals surface area contributed by atoms with Crippen LogP contribution in [0.25, 0.3) is 0 Å². The van der Waals surface area contributed by atoms with Crippen LogP contribution in [-0.2, 0) is 10.0 Å². The van der Waals surface area contributed by atoms with E-state index in [1.165, 1.54) is 12.1 Å². The van der Waals surface area contributed by atoms with E-state index >= 15 is 0 Å². The van der Waals surface area contributed by atoms with Crippen molar-refractivity contribution in [2.45, 2.75) is 11.8 Å². The minimum atomic E-state index is -3.88. The molecule has 7 heteroatoms. The van der Waals surface area contributed by atoms with Crippen LogP contribution in [0.1, 0.15) is 15.9 Å². The monoisotopic (exact) mass is 325 g/mol. The van der Waals surface area contributed by atoms with Crippen molar-refractivity contribution in [2.75, 3.05) is 4.72 Å². The Balaban J connectivity index is 2.43. The summed E-state index contributed by atoms with van der Waals surface area (Å²) in [4.78, 5) is 10.9. The average molecular weight is 326 g/mol. The standard InChI is InChI=1S/C14H12ClNO4S/c1-9-4-2-3-5-13(9)16-21(19,20)10-6-7-12(15)11(8-10)14(17)18/h2-8,16H,1H3,(H,17,18). The second kappa shape index (κ2) is 5.75. The Bertz CT molecular complexity index is 802. The van der Waals surface area contributed by atoms with E-state index in [1.807, 2.05) is 0 Å². The van der Waals surface area contributed by atoms with Crippen molar-refractivity contribution in [1.82, 2.24) is 0 Å². The van der Waals surface area contributed by atoms with Crippen LogP contribution in [0.15, 0.2) is 47.4 Å². The van der Waals surface area contributed by atoms with Gasteiger partial charge in [-0.15, -0.1) is 0 Å². The van der Waals surface area contributed by atoms with Crippen molar-refractivity contribution in [2.24, 2.45) is 0 Å². The van der Waals surface area contributed by atoms with Crippen molar-refractivity contribution < 1.29 is 18.3 Å². The first-order valence-corrected chi connectivity index (χ1v) is 7.78. The number of carboxylic acids is 1. The highest BCUT2D eigenvalue weighted by Gasteiger charge is 2.19. The number of nitrogens with one attached hydrogen (secondary N) is 1. The summed E-state index contributed by atoms with van der Waals surface area (Å²) in [5, 5.41) is 8.97. The molecule has 0 spiro atoms. The number of hydrogen-bond acceptors (Lipinski definition) is 3. The van der Waals surface area contributed by atoms with E-state index in [0.29, 0.717) is 5.69 Å². The van der Waals surface area contributed by atoms with Gasteiger partial charge >= 0.3 is 5.97 Å². The zero-order valence-electron chi connectivity index (χ0n) is 11.0. The van der Waals surface area contributed by atoms with E-state index in [9.17, 15) is 13.2 Å². The number of anilines is 1. The zero-order chi connectivity index (χ0) is 15.6. The Morgan fingerprint density at radius 1 is 1.19 bits per heavy atom. The molecule has 0 saturated carbocycles. The maximum absolute atomic E-state index is 12.3. The molecule has 2 rings (SSSR count). The van der Waals surface area contributed by atoms with Gasteiger partial charge in [-0.1, -0.05) is 29.8 Å². The highest BCUT2D eigenvalue weighted by atomic mass is 35.5. The first-order chi connectivity index (χ1) is 9.81. The Hall–Kier alpha value is -2.05. The van der Waals surface area contributed by atoms with Crippen LogP contribution in [-0.4, -0.2) is 19.5 Å². The number of carboxylic acid groups (broad SMARTS) is 1. The van der Waals surface area contributed by atoms with E-state index in [1.54, 1.807) is 31.2 Å². The number of hydrogen-bond donors (Lipinski definition) is 2. The molecule has 0 bridgehead atoms. The molecule has 0 atom stereocenters. The van der Waals surface area contributed by atoms with Crippen LogP contribution in [0.3, 0.4) is 0 Å². The fourth-order valence-electron chi connectivity index (χ4n) is 1.73. The molecule has 5 nitrogen and oxygen atoms in total. The van der Waals surface area contributed by atoms with Gasteiger partial charge in [-0.05, 0) is 36.8 Å². The van der Waals surface area contributed by atoms with E-state index in [0.717, 1.165) is 11.6 Å². The Morgan fingerprint density at radius 3 is 2.48 bits per heavy atom. The van der Waals surface area contributed by atoms with Crippen molar-refractivity contribution in [1.29, 1.82) is 0 Å². The molecule has 21 heavy (non-hydrogen) atoms. The molecular formula is C14H12ClNO4S. The number of benzene rings is 2. The van der Waals surface area contributed by atoms with Crippen LogP contribution >= 0.6 is 11.6 Å². The zero-order valence-corrected chi connectivity index (χ0v) is 12.6. The van der Waals surface area contributed by atoms with Crippen LogP contribution in [0, 0.1) is 6.92 Å². The summed E-state index contributed by atoms with van der Waals surface area (Å²) in [6.07, 6.45) is 0. The predicted molar refractivity (Wildman–Crippen MR) is 80.4 cm³/mol. The van der Waals surface area contributed by atoms with Crippen LogP contribution < -0.4 is 4.72 Å². The molecule has 0 saturated heterocycles. The number of aryl methyl sites for hydroxylation is 1. The average Bonchev–Trinajstić information content (AvgIpc) is 2.41. The highest BCUT2D eigenvalue weighted by Crippen LogP contribution is 2.23. The summed E-state index contributed by atoms with van der Waals surface area (Å²) in [6, 6.07) is 10.4. The van der Waals surface area contributed by atoms with E-state index in [4.69, 9.17) is 16.7 Å². The quantitative estimate of drug-likeness (QED) is 0.904. The lowest BCUT2D eigenvalue weighted by Gasteiger charge is -2.11. The fraction of sp³-hybridized carbons (Fsp3) is 0.0714. The van der Waals surface area contributed by atoms with Gasteiger partial charge in [0.1, 0.15) is 0 Å². The number of aromatic carboxylic acids is 1. The van der Waals surface area contributed by atoms with E-state index in [-0.39, 0.29) is 15.5 Å². The maximum atomic E-state index is 12.3. The van der Waals surface area contributed by atoms with Gasteiger partial charge in [0.15, 0.2) is 0 Å². The molecule has 110 valence electrons. The van der Waals surface area contributed by atoms with Gasteiger partial charge in [-0.2, -0.15) is 0 Å². The molecule has 0 heterocycles. The second-order valence-electron chi connectivity index (χ2n) is 4.37. The summed E-state index contributed by atoms with van der Waals surface area (Å²) in [5.74, 6) is -1.28. The van der Waals surface area contributed by atoms with Gasteiger partial charge in [0.05, 0.1) is 21.2 Å². The highest BCUT2D eigenvalue weighted by molar-refractivity contribution is 7.92. The van der Waals surface area contributed by atoms with Crippen molar-refractivity contribution in [3.05, 3.63) is 58.6 Å². The first kappa shape index (κ1) is 15.3. The van der Waals surface area contributed by atoms with Gasteiger partial charge in [-0.25, -0.2) is 13.2 Å². The second-order valence-corrected chi connectivity index (χ2v) is 6.46. The summed E-state index contributed by atoms with van der Waals surface area (Å²) in [5.41, 5.74) is 0.933. The topological polar surface area (TPSA) is 83.5 Å². The van der Waals surface area contributed by atoms with Crippen molar-refractivity contribution >= 4 is 33.3 Å². The molecule has 0 unspecified atom stereocenters. The minimum absolute atomic E-state index is 0.0164. The van der Waals surface area contributed by atoms with Gasteiger partial charge in [0.2, 0.25) is 0 Å². The molecule has 0 aromatic heterocycles. The lowest BCUT2D eigenvalue weighted by Crippen LogP contribution is -2.14. The summed E-state index contributed by atoms with van der Waals surface area (Å²) < 4.78 is 27.0. The largest absolute Gasteiger partial charge is 0.478 e. The number of para-hydroxylation sites is 1. The maximum Gasteiger partial charge on any atom is 0.337 e. The first-order valence-electron chi connectivity index (χ1n) is 5.92. The van der Waals surface area contributed by atoms with Gasteiger partial charge < -0.3 is 5.11 Å². The minimum Gasteiger partial charge on any atom is -0.478 e. The number of halogens is 1. The van der Waals surface area contributed by atoms with Crippen LogP contribution in [0.5, 0.6) is 0 Å². The van der Waals surface area contributed by atoms with Gasteiger partial charge in [0.25, 0.3) is 10.0 Å². The molecule has 2 N–H and O–H groups in total. The third kappa shape index (κ3) is 3.34. The van der Waals surface area contributed by atoms with E-state index < -0.39 is 16.0 Å². The molecule has 0 aliphatic heterocycles. The number of sulfonamides is 1. The molecule has 0 aliphatic rings. The Morgan fingerprint density at radius 2 is 1.86 bits per heavy atom. The van der Waals surface area contributed by atoms with Gasteiger partial charge in [0, 0.05) is 0 Å². The Labute approximate surface area is 127 Å². The lowest BCUT2D eigenvalue weighted by atomic mass is 10.2. The lowest BCUT2D eigenvalue weighted by molar-refractivity contribution is 0.0697. The van der Waals surface area contributed by atoms with Crippen LogP contribution in [0.2, 0.25) is 5.02 Å². The van der Waals surface area contributed by atoms with Gasteiger partial charge in [-0.3, -0.25) is 4.72 Å². The molecule has 0 amide bonds. The molecule has 0 aliphatic carbocycles. The van der Waals surface area contributed by atoms with Crippen LogP contribution in [0.4, 0.5) is 5.69 Å². The Kier molecular flexibility index (Phi) is 4.20. The van der Waals surface area contributed by atoms with E-state index in [2.05, 4.69) is 4.72 Å². The number of carbonyl (C=O) groups is 1. The molecule has 0 radical (unpaired) electrons. The molecular weight excluding hydrogens is 314 g/mol. The summed E-state index contributed by atoms with van der Waals surface area (Å²) in [7, 11) is -3.88. The molecule has 2 aromatic carbocycles. The third-order valence-electron chi connectivity index (χ3n) is 2.87. The SMILES string of the molecule is Cc1ccccc1NS(=O)(=O)c1ccc(Cl)c(C(=O)O)c1. The smallest absolute Gasteiger partial charge is 0.337 e. The number of rotatable bonds is 4. The summed E-state index contributed by atoms with van der Waals surface area (Å²) >= 11 is 5.73. The normalized spacial score (nSPS) is 11.1. The summed E-state index contributed by atoms with van der Waals surface area (Å²) in [6.45, 7) is 1.77. The molecule has 0 fully saturated rings. The third-order valence-corrected chi connectivity index (χ3v) is 4.56. The molecule has 2 aromatic rings. The van der Waals surface area contributed by atoms with Crippen molar-refractivity contribution in [3.63, 3.8) is 0 Å². The van der Waals surface area contributed by atoms with Crippen molar-refractivity contribution in [3.8, 4) is 0 Å². The predicted octanol–water partition coefficient (Wildman–Crippen LogP) is 3.15. The fourth-order valence-corrected chi connectivity index (χ4v) is 3.08.